The quantitative estimate of drug-likeness (QED) is 0.937. The molecule has 0 amide bonds. The molecule has 4 heteroatoms. The van der Waals surface area contributed by atoms with Crippen molar-refractivity contribution in [2.45, 2.75) is 32.4 Å². The third-order valence-corrected chi connectivity index (χ3v) is 4.01. The number of benzene rings is 1. The van der Waals surface area contributed by atoms with Gasteiger partial charge in [-0.1, -0.05) is 49.3 Å². The highest BCUT2D eigenvalue weighted by atomic mass is 16.5. The van der Waals surface area contributed by atoms with Crippen LogP contribution in [0.15, 0.2) is 40.9 Å². The van der Waals surface area contributed by atoms with E-state index in [0.29, 0.717) is 12.0 Å². The molecule has 1 fully saturated rings. The SMILES string of the molecule is CC(C)c1cc(CN2CCN[C@H](c3ccccc3)C2)on1. The van der Waals surface area contributed by atoms with Gasteiger partial charge in [0, 0.05) is 31.7 Å². The van der Waals surface area contributed by atoms with Crippen molar-refractivity contribution in [1.82, 2.24) is 15.4 Å². The number of nitrogens with one attached hydrogen (secondary N) is 1. The second-order valence-electron chi connectivity index (χ2n) is 6.03. The fourth-order valence-electron chi connectivity index (χ4n) is 2.76. The molecule has 0 saturated carbocycles. The van der Waals surface area contributed by atoms with E-state index < -0.39 is 0 Å². The number of hydrogen-bond acceptors (Lipinski definition) is 4. The fourth-order valence-corrected chi connectivity index (χ4v) is 2.76. The highest BCUT2D eigenvalue weighted by Gasteiger charge is 2.21. The van der Waals surface area contributed by atoms with Gasteiger partial charge in [0.05, 0.1) is 12.2 Å². The maximum Gasteiger partial charge on any atom is 0.150 e. The summed E-state index contributed by atoms with van der Waals surface area (Å²) in [4.78, 5) is 2.43. The van der Waals surface area contributed by atoms with Crippen molar-refractivity contribution in [2.75, 3.05) is 19.6 Å². The molecule has 2 heterocycles. The molecule has 1 aromatic carbocycles. The van der Waals surface area contributed by atoms with Crippen LogP contribution >= 0.6 is 0 Å². The summed E-state index contributed by atoms with van der Waals surface area (Å²) < 4.78 is 5.46. The molecule has 0 unspecified atom stereocenters. The summed E-state index contributed by atoms with van der Waals surface area (Å²) >= 11 is 0. The molecule has 0 radical (unpaired) electrons. The van der Waals surface area contributed by atoms with E-state index in [-0.39, 0.29) is 0 Å². The van der Waals surface area contributed by atoms with E-state index in [2.05, 4.69) is 65.6 Å². The van der Waals surface area contributed by atoms with Crippen LogP contribution < -0.4 is 5.32 Å². The molecule has 1 aliphatic rings. The van der Waals surface area contributed by atoms with Gasteiger partial charge in [0.2, 0.25) is 0 Å². The lowest BCUT2D eigenvalue weighted by molar-refractivity contribution is 0.174. The summed E-state index contributed by atoms with van der Waals surface area (Å²) in [6.07, 6.45) is 0. The summed E-state index contributed by atoms with van der Waals surface area (Å²) in [6, 6.07) is 13.1. The van der Waals surface area contributed by atoms with Crippen LogP contribution in [0.25, 0.3) is 0 Å². The van der Waals surface area contributed by atoms with Gasteiger partial charge in [0.25, 0.3) is 0 Å². The van der Waals surface area contributed by atoms with Gasteiger partial charge < -0.3 is 9.84 Å². The van der Waals surface area contributed by atoms with Gasteiger partial charge in [-0.15, -0.1) is 0 Å². The molecular formula is C17H23N3O. The lowest BCUT2D eigenvalue weighted by Gasteiger charge is -2.33. The van der Waals surface area contributed by atoms with Crippen molar-refractivity contribution in [3.8, 4) is 0 Å². The minimum atomic E-state index is 0.396. The van der Waals surface area contributed by atoms with E-state index >= 15 is 0 Å². The summed E-state index contributed by atoms with van der Waals surface area (Å²) in [6.45, 7) is 8.16. The Morgan fingerprint density at radius 1 is 1.33 bits per heavy atom. The molecule has 0 spiro atoms. The zero-order valence-electron chi connectivity index (χ0n) is 12.7. The summed E-state index contributed by atoms with van der Waals surface area (Å²) in [5, 5.41) is 7.73. The van der Waals surface area contributed by atoms with Crippen LogP contribution in [0.2, 0.25) is 0 Å². The Balaban J connectivity index is 1.63. The predicted molar refractivity (Wildman–Crippen MR) is 83.1 cm³/mol. The second-order valence-corrected chi connectivity index (χ2v) is 6.03. The Kier molecular flexibility index (Phi) is 4.36. The number of piperazine rings is 1. The molecule has 1 aliphatic heterocycles. The van der Waals surface area contributed by atoms with Crippen LogP contribution in [0, 0.1) is 0 Å². The summed E-state index contributed by atoms with van der Waals surface area (Å²) in [5.41, 5.74) is 2.39. The van der Waals surface area contributed by atoms with Gasteiger partial charge in [0.15, 0.2) is 5.76 Å². The van der Waals surface area contributed by atoms with Crippen molar-refractivity contribution in [1.29, 1.82) is 0 Å². The predicted octanol–water partition coefficient (Wildman–Crippen LogP) is 2.94. The first-order valence-corrected chi connectivity index (χ1v) is 7.68. The molecule has 0 bridgehead atoms. The minimum absolute atomic E-state index is 0.396. The number of nitrogens with zero attached hydrogens (tertiary/aromatic N) is 2. The Labute approximate surface area is 126 Å². The van der Waals surface area contributed by atoms with Crippen molar-refractivity contribution < 1.29 is 4.52 Å². The van der Waals surface area contributed by atoms with Crippen LogP contribution in [-0.4, -0.2) is 29.7 Å². The lowest BCUT2D eigenvalue weighted by Crippen LogP contribution is -2.45. The molecule has 1 atom stereocenters. The molecule has 1 aromatic heterocycles. The normalized spacial score (nSPS) is 20.0. The average Bonchev–Trinajstić information content (AvgIpc) is 2.97. The van der Waals surface area contributed by atoms with E-state index in [4.69, 9.17) is 4.52 Å². The largest absolute Gasteiger partial charge is 0.360 e. The van der Waals surface area contributed by atoms with Crippen molar-refractivity contribution >= 4 is 0 Å². The first kappa shape index (κ1) is 14.3. The number of aromatic nitrogens is 1. The Morgan fingerprint density at radius 2 is 2.14 bits per heavy atom. The van der Waals surface area contributed by atoms with Crippen LogP contribution in [0.1, 0.15) is 42.8 Å². The standard InChI is InChI=1S/C17H23N3O/c1-13(2)16-10-15(21-19-16)11-20-9-8-18-17(12-20)14-6-4-3-5-7-14/h3-7,10,13,17-18H,8-9,11-12H2,1-2H3/t17-/m0/s1. The van der Waals surface area contributed by atoms with E-state index in [9.17, 15) is 0 Å². The molecule has 1 saturated heterocycles. The highest BCUT2D eigenvalue weighted by Crippen LogP contribution is 2.20. The molecule has 1 N–H and O–H groups in total. The van der Waals surface area contributed by atoms with E-state index in [1.54, 1.807) is 0 Å². The van der Waals surface area contributed by atoms with Crippen molar-refractivity contribution in [3.63, 3.8) is 0 Å². The minimum Gasteiger partial charge on any atom is -0.360 e. The van der Waals surface area contributed by atoms with Gasteiger partial charge >= 0.3 is 0 Å². The topological polar surface area (TPSA) is 41.3 Å². The molecule has 4 nitrogen and oxygen atoms in total. The smallest absolute Gasteiger partial charge is 0.150 e. The average molecular weight is 285 g/mol. The zero-order chi connectivity index (χ0) is 14.7. The summed E-state index contributed by atoms with van der Waals surface area (Å²) in [7, 11) is 0. The van der Waals surface area contributed by atoms with Gasteiger partial charge in [0.1, 0.15) is 0 Å². The number of hydrogen-bond donors (Lipinski definition) is 1. The van der Waals surface area contributed by atoms with Gasteiger partial charge in [-0.05, 0) is 11.5 Å². The van der Waals surface area contributed by atoms with E-state index in [0.717, 1.165) is 37.6 Å². The maximum atomic E-state index is 5.46. The third kappa shape index (κ3) is 3.52. The first-order chi connectivity index (χ1) is 10.2. The third-order valence-electron chi connectivity index (χ3n) is 4.01. The van der Waals surface area contributed by atoms with E-state index in [1.165, 1.54) is 5.56 Å². The van der Waals surface area contributed by atoms with Crippen LogP contribution in [0.3, 0.4) is 0 Å². The van der Waals surface area contributed by atoms with Crippen LogP contribution in [-0.2, 0) is 6.54 Å². The Morgan fingerprint density at radius 3 is 2.86 bits per heavy atom. The van der Waals surface area contributed by atoms with Crippen molar-refractivity contribution in [2.24, 2.45) is 0 Å². The van der Waals surface area contributed by atoms with Gasteiger partial charge in [-0.25, -0.2) is 0 Å². The van der Waals surface area contributed by atoms with Gasteiger partial charge in [-0.2, -0.15) is 0 Å². The number of rotatable bonds is 4. The molecule has 112 valence electrons. The lowest BCUT2D eigenvalue weighted by atomic mass is 10.0. The monoisotopic (exact) mass is 285 g/mol. The molecular weight excluding hydrogens is 262 g/mol. The Bertz CT molecular complexity index is 564. The Hall–Kier alpha value is -1.65. The molecule has 21 heavy (non-hydrogen) atoms. The maximum absolute atomic E-state index is 5.46. The fraction of sp³-hybridized carbons (Fsp3) is 0.471. The highest BCUT2D eigenvalue weighted by molar-refractivity contribution is 5.20. The van der Waals surface area contributed by atoms with Crippen LogP contribution in [0.4, 0.5) is 0 Å². The van der Waals surface area contributed by atoms with Gasteiger partial charge in [-0.3, -0.25) is 4.90 Å². The summed E-state index contributed by atoms with van der Waals surface area (Å²) in [5.74, 6) is 1.38. The van der Waals surface area contributed by atoms with E-state index in [1.807, 2.05) is 0 Å². The second kappa shape index (κ2) is 6.41. The van der Waals surface area contributed by atoms with Crippen molar-refractivity contribution in [3.05, 3.63) is 53.4 Å². The molecule has 0 aliphatic carbocycles. The zero-order valence-corrected chi connectivity index (χ0v) is 12.7. The first-order valence-electron chi connectivity index (χ1n) is 7.68. The molecule has 2 aromatic rings. The molecule has 3 rings (SSSR count). The van der Waals surface area contributed by atoms with Crippen LogP contribution in [0.5, 0.6) is 0 Å².